The molecule has 9 heteroatoms. The van der Waals surface area contributed by atoms with E-state index in [9.17, 15) is 29.4 Å². The molecule has 4 fully saturated rings. The summed E-state index contributed by atoms with van der Waals surface area (Å²) >= 11 is 0. The zero-order chi connectivity index (χ0) is 30.0. The van der Waals surface area contributed by atoms with E-state index < -0.39 is 58.7 Å². The number of aliphatic hydroxyl groups excluding tert-OH is 2. The maximum atomic E-state index is 14.0. The van der Waals surface area contributed by atoms with E-state index in [1.807, 2.05) is 19.1 Å². The third-order valence-electron chi connectivity index (χ3n) is 11.6. The van der Waals surface area contributed by atoms with Crippen molar-refractivity contribution >= 4 is 29.3 Å². The molecule has 3 N–H and O–H groups in total. The zero-order valence-corrected chi connectivity index (χ0v) is 24.4. The van der Waals surface area contributed by atoms with Crippen LogP contribution in [-0.4, -0.2) is 70.6 Å². The summed E-state index contributed by atoms with van der Waals surface area (Å²) in [6.07, 6.45) is 6.70. The first-order valence-corrected chi connectivity index (χ1v) is 15.1. The van der Waals surface area contributed by atoms with Gasteiger partial charge >= 0.3 is 12.0 Å². The Labute approximate surface area is 246 Å². The largest absolute Gasteiger partial charge is 0.464 e. The molecule has 4 aliphatic carbocycles. The van der Waals surface area contributed by atoms with Crippen LogP contribution in [-0.2, 0) is 19.1 Å². The van der Waals surface area contributed by atoms with Crippen LogP contribution in [0.25, 0.3) is 0 Å². The molecule has 6 rings (SSSR count). The lowest BCUT2D eigenvalue weighted by Gasteiger charge is -2.60. The molecule has 0 bridgehead atoms. The monoisotopic (exact) mass is 576 g/mol. The van der Waals surface area contributed by atoms with Crippen molar-refractivity contribution in [2.75, 3.05) is 25.1 Å². The first kappa shape index (κ1) is 28.8. The molecule has 1 aromatic carbocycles. The molecule has 9 nitrogen and oxygen atoms in total. The van der Waals surface area contributed by atoms with Gasteiger partial charge in [0, 0.05) is 29.5 Å². The number of esters is 1. The lowest BCUT2D eigenvalue weighted by molar-refractivity contribution is -0.158. The Balaban J connectivity index is 1.43. The maximum absolute atomic E-state index is 14.0. The Morgan fingerprint density at radius 2 is 1.88 bits per heavy atom. The van der Waals surface area contributed by atoms with Crippen molar-refractivity contribution in [3.8, 4) is 0 Å². The summed E-state index contributed by atoms with van der Waals surface area (Å²) in [5, 5.41) is 25.1. The minimum absolute atomic E-state index is 0.0298. The van der Waals surface area contributed by atoms with Crippen LogP contribution in [0.3, 0.4) is 0 Å². The lowest BCUT2D eigenvalue weighted by atomic mass is 9.44. The van der Waals surface area contributed by atoms with E-state index in [4.69, 9.17) is 4.74 Å². The number of likely N-dealkylation sites (tertiary alicyclic amines) is 1. The minimum atomic E-state index is -1.24. The molecule has 9 atom stereocenters. The third-order valence-corrected chi connectivity index (χ3v) is 11.6. The van der Waals surface area contributed by atoms with Crippen molar-refractivity contribution in [2.45, 2.75) is 58.6 Å². The average Bonchev–Trinajstić information content (AvgIpc) is 3.44. The molecule has 1 aromatic rings. The lowest BCUT2D eigenvalue weighted by Crippen LogP contribution is -2.60. The van der Waals surface area contributed by atoms with Crippen LogP contribution in [0.15, 0.2) is 54.1 Å². The van der Waals surface area contributed by atoms with Gasteiger partial charge in [0.1, 0.15) is 12.6 Å². The Kier molecular flexibility index (Phi) is 6.97. The van der Waals surface area contributed by atoms with Gasteiger partial charge in [0.25, 0.3) is 0 Å². The van der Waals surface area contributed by atoms with E-state index in [1.165, 1.54) is 4.90 Å². The number of carbonyl (C=O) groups is 4. The molecule has 3 saturated carbocycles. The molecule has 1 heterocycles. The fraction of sp³-hybridized carbons (Fsp3) is 0.576. The van der Waals surface area contributed by atoms with Crippen LogP contribution in [0.1, 0.15) is 46.5 Å². The van der Waals surface area contributed by atoms with Crippen molar-refractivity contribution in [3.63, 3.8) is 0 Å². The number of allylic oxidation sites excluding steroid dienone is 4. The number of ketones is 2. The standard InChI is InChI=1S/C33H40N2O7/c1-4-42-29(40)28-24-15-23-22-11-10-19-14-21(37)12-13-31(19,2)27(22)25(38)16-32(23,3)33(24,26(39)17-36)18-35(28)30(41)34-20-8-6-5-7-9-20/h5-9,12-14,22-25,27-28,36,38H,4,10-11,15-18H2,1-3H3,(H,34,41)/t22-,23-,24-,25-,27+,28?,31-,32-,33+/m0/s1. The number of benzene rings is 1. The van der Waals surface area contributed by atoms with Gasteiger partial charge in [0.2, 0.25) is 0 Å². The predicted octanol–water partition coefficient (Wildman–Crippen LogP) is 3.52. The van der Waals surface area contributed by atoms with E-state index >= 15 is 0 Å². The maximum Gasteiger partial charge on any atom is 0.329 e. The zero-order valence-electron chi connectivity index (χ0n) is 24.4. The fourth-order valence-corrected chi connectivity index (χ4v) is 9.99. The molecule has 42 heavy (non-hydrogen) atoms. The normalized spacial score (nSPS) is 39.9. The number of hydrogen-bond donors (Lipinski definition) is 3. The number of nitrogens with one attached hydrogen (secondary N) is 1. The van der Waals surface area contributed by atoms with Crippen LogP contribution >= 0.6 is 0 Å². The van der Waals surface area contributed by atoms with E-state index in [0.717, 1.165) is 12.0 Å². The number of nitrogens with zero attached hydrogens (tertiary/aromatic N) is 1. The smallest absolute Gasteiger partial charge is 0.329 e. The second-order valence-corrected chi connectivity index (χ2v) is 13.2. The quantitative estimate of drug-likeness (QED) is 0.457. The van der Waals surface area contributed by atoms with Crippen molar-refractivity contribution < 1.29 is 34.1 Å². The van der Waals surface area contributed by atoms with E-state index in [1.54, 1.807) is 43.3 Å². The number of ether oxygens (including phenoxy) is 1. The fourth-order valence-electron chi connectivity index (χ4n) is 9.99. The molecule has 1 aliphatic heterocycles. The highest BCUT2D eigenvalue weighted by Gasteiger charge is 2.76. The number of urea groups is 1. The number of Topliss-reactive ketones (excluding diaryl/α,β-unsaturated/α-hetero) is 1. The summed E-state index contributed by atoms with van der Waals surface area (Å²) in [5.41, 5.74) is -0.907. The SMILES string of the molecule is CCOC(=O)C1[C@@H]2C[C@H]3[C@@H]4CCC5=CC(=O)C=C[C@]5(C)[C@H]4[C@@H](O)C[C@]3(C)[C@]2(C(=O)CO)CN1C(=O)Nc1ccccc1. The highest BCUT2D eigenvalue weighted by atomic mass is 16.5. The molecule has 1 unspecified atom stereocenters. The van der Waals surface area contributed by atoms with Gasteiger partial charge in [-0.25, -0.2) is 9.59 Å². The van der Waals surface area contributed by atoms with Gasteiger partial charge in [-0.2, -0.15) is 0 Å². The number of anilines is 1. The summed E-state index contributed by atoms with van der Waals surface area (Å²) in [5.74, 6) is -1.74. The summed E-state index contributed by atoms with van der Waals surface area (Å²) in [6, 6.07) is 7.40. The molecule has 5 aliphatic rings. The topological polar surface area (TPSA) is 133 Å². The molecular weight excluding hydrogens is 536 g/mol. The summed E-state index contributed by atoms with van der Waals surface area (Å²) in [4.78, 5) is 55.0. The number of rotatable bonds is 5. The van der Waals surface area contributed by atoms with Crippen molar-refractivity contribution in [2.24, 2.45) is 39.9 Å². The number of amides is 2. The Morgan fingerprint density at radius 1 is 1.14 bits per heavy atom. The van der Waals surface area contributed by atoms with Crippen molar-refractivity contribution in [3.05, 3.63) is 54.1 Å². The molecule has 224 valence electrons. The highest BCUT2D eigenvalue weighted by Crippen LogP contribution is 2.73. The number of aliphatic hydroxyl groups is 2. The summed E-state index contributed by atoms with van der Waals surface area (Å²) < 4.78 is 5.50. The van der Waals surface area contributed by atoms with Crippen LogP contribution in [0.2, 0.25) is 0 Å². The van der Waals surface area contributed by atoms with Crippen molar-refractivity contribution in [1.29, 1.82) is 0 Å². The first-order chi connectivity index (χ1) is 20.0. The van der Waals surface area contributed by atoms with Gasteiger partial charge < -0.3 is 25.2 Å². The second-order valence-electron chi connectivity index (χ2n) is 13.2. The van der Waals surface area contributed by atoms with Gasteiger partial charge in [-0.3, -0.25) is 9.59 Å². The van der Waals surface area contributed by atoms with Gasteiger partial charge in [-0.15, -0.1) is 0 Å². The van der Waals surface area contributed by atoms with Crippen LogP contribution in [0.4, 0.5) is 10.5 Å². The average molecular weight is 577 g/mol. The first-order valence-electron chi connectivity index (χ1n) is 15.1. The number of para-hydroxylation sites is 1. The van der Waals surface area contributed by atoms with Crippen molar-refractivity contribution in [1.82, 2.24) is 4.90 Å². The van der Waals surface area contributed by atoms with Gasteiger partial charge in [-0.05, 0) is 74.1 Å². The van der Waals surface area contributed by atoms with Crippen LogP contribution in [0.5, 0.6) is 0 Å². The Hall–Kier alpha value is -3.30. The van der Waals surface area contributed by atoms with Gasteiger partial charge in [0.05, 0.1) is 18.1 Å². The Bertz CT molecular complexity index is 1370. The third kappa shape index (κ3) is 3.89. The Morgan fingerprint density at radius 3 is 2.57 bits per heavy atom. The number of hydrogen-bond acceptors (Lipinski definition) is 7. The van der Waals surface area contributed by atoms with E-state index in [-0.39, 0.29) is 43.1 Å². The predicted molar refractivity (Wildman–Crippen MR) is 154 cm³/mol. The van der Waals surface area contributed by atoms with Gasteiger partial charge in [0.15, 0.2) is 11.6 Å². The van der Waals surface area contributed by atoms with Crippen LogP contribution < -0.4 is 5.32 Å². The van der Waals surface area contributed by atoms with E-state index in [0.29, 0.717) is 18.5 Å². The molecular formula is C33H40N2O7. The van der Waals surface area contributed by atoms with Gasteiger partial charge in [-0.1, -0.05) is 43.7 Å². The second kappa shape index (κ2) is 10.2. The molecule has 0 radical (unpaired) electrons. The molecule has 1 saturated heterocycles. The highest BCUT2D eigenvalue weighted by molar-refractivity contribution is 6.01. The molecule has 0 spiro atoms. The van der Waals surface area contributed by atoms with E-state index in [2.05, 4.69) is 12.2 Å². The minimum Gasteiger partial charge on any atom is -0.464 e. The molecule has 2 amide bonds. The summed E-state index contributed by atoms with van der Waals surface area (Å²) in [6.45, 7) is 5.17. The summed E-state index contributed by atoms with van der Waals surface area (Å²) in [7, 11) is 0. The number of fused-ring (bicyclic) bond motifs is 7. The molecule has 0 aromatic heterocycles. The number of carbonyl (C=O) groups excluding carboxylic acids is 4. The van der Waals surface area contributed by atoms with Crippen LogP contribution in [0, 0.1) is 39.9 Å².